The molecule has 0 atom stereocenters. The third-order valence-electron chi connectivity index (χ3n) is 10.8. The summed E-state index contributed by atoms with van der Waals surface area (Å²) in [4.78, 5) is 7.33. The molecule has 0 aliphatic rings. The summed E-state index contributed by atoms with van der Waals surface area (Å²) in [5, 5.41) is 10.6. The summed E-state index contributed by atoms with van der Waals surface area (Å²) < 4.78 is 6.50. The van der Waals surface area contributed by atoms with Gasteiger partial charge in [0.25, 0.3) is 0 Å². The molecule has 3 nitrogen and oxygen atoms in total. The minimum absolute atomic E-state index is 0.853. The number of hydrogen-bond donors (Lipinski definition) is 0. The van der Waals surface area contributed by atoms with E-state index in [2.05, 4.69) is 181 Å². The first-order chi connectivity index (χ1) is 26.7. The molecule has 11 rings (SSSR count). The lowest BCUT2D eigenvalue weighted by molar-refractivity contribution is 0.672. The Morgan fingerprint density at radius 3 is 1.96 bits per heavy atom. The third-order valence-corrected chi connectivity index (χ3v) is 10.8. The van der Waals surface area contributed by atoms with Crippen LogP contribution in [0.3, 0.4) is 0 Å². The van der Waals surface area contributed by atoms with Gasteiger partial charge in [-0.3, -0.25) is 4.98 Å². The maximum absolute atomic E-state index is 6.50. The lowest BCUT2D eigenvalue weighted by Crippen LogP contribution is -2.10. The molecule has 0 radical (unpaired) electrons. The summed E-state index contributed by atoms with van der Waals surface area (Å²) >= 11 is 0. The number of pyridine rings is 1. The average Bonchev–Trinajstić information content (AvgIpc) is 3.63. The number of benzene rings is 9. The highest BCUT2D eigenvalue weighted by molar-refractivity contribution is 6.15. The molecule has 0 amide bonds. The van der Waals surface area contributed by atoms with Crippen LogP contribution < -0.4 is 4.90 Å². The van der Waals surface area contributed by atoms with Gasteiger partial charge in [-0.2, -0.15) is 0 Å². The number of furan rings is 1. The quantitative estimate of drug-likeness (QED) is 0.169. The zero-order valence-electron chi connectivity index (χ0n) is 29.3. The third kappa shape index (κ3) is 4.94. The molecule has 0 unspecified atom stereocenters. The maximum atomic E-state index is 6.50. The van der Waals surface area contributed by atoms with Crippen molar-refractivity contribution in [1.29, 1.82) is 0 Å². The van der Waals surface area contributed by atoms with E-state index < -0.39 is 0 Å². The first-order valence-electron chi connectivity index (χ1n) is 18.4. The van der Waals surface area contributed by atoms with Crippen molar-refractivity contribution in [3.8, 4) is 22.3 Å². The van der Waals surface area contributed by atoms with E-state index in [4.69, 9.17) is 9.40 Å². The van der Waals surface area contributed by atoms with Gasteiger partial charge in [0.05, 0.1) is 17.4 Å². The topological polar surface area (TPSA) is 29.3 Å². The van der Waals surface area contributed by atoms with Crippen LogP contribution in [0.25, 0.3) is 87.4 Å². The van der Waals surface area contributed by atoms with Crippen LogP contribution in [0.4, 0.5) is 17.1 Å². The second-order valence-electron chi connectivity index (χ2n) is 14.0. The fourth-order valence-electron chi connectivity index (χ4n) is 8.22. The van der Waals surface area contributed by atoms with Crippen molar-refractivity contribution >= 4 is 82.2 Å². The lowest BCUT2D eigenvalue weighted by atomic mass is 9.93. The van der Waals surface area contributed by atoms with Gasteiger partial charge in [0.1, 0.15) is 11.2 Å². The van der Waals surface area contributed by atoms with E-state index in [0.717, 1.165) is 55.5 Å². The number of fused-ring (bicyclic) bond motifs is 9. The van der Waals surface area contributed by atoms with Gasteiger partial charge < -0.3 is 9.32 Å². The number of anilines is 3. The molecule has 3 heteroatoms. The van der Waals surface area contributed by atoms with Crippen molar-refractivity contribution in [3.63, 3.8) is 0 Å². The first kappa shape index (κ1) is 30.4. The minimum atomic E-state index is 0.853. The minimum Gasteiger partial charge on any atom is -0.455 e. The summed E-state index contributed by atoms with van der Waals surface area (Å²) in [7, 11) is 0. The van der Waals surface area contributed by atoms with E-state index in [9.17, 15) is 0 Å². The van der Waals surface area contributed by atoms with Crippen LogP contribution in [0, 0.1) is 0 Å². The predicted molar refractivity (Wildman–Crippen MR) is 227 cm³/mol. The van der Waals surface area contributed by atoms with Crippen LogP contribution in [0.1, 0.15) is 0 Å². The van der Waals surface area contributed by atoms with E-state index >= 15 is 0 Å². The van der Waals surface area contributed by atoms with Gasteiger partial charge in [0, 0.05) is 27.5 Å². The van der Waals surface area contributed by atoms with E-state index in [1.807, 2.05) is 18.3 Å². The smallest absolute Gasteiger partial charge is 0.144 e. The van der Waals surface area contributed by atoms with Crippen LogP contribution in [0.5, 0.6) is 0 Å². The highest BCUT2D eigenvalue weighted by Crippen LogP contribution is 2.42. The van der Waals surface area contributed by atoms with Gasteiger partial charge in [-0.25, -0.2) is 0 Å². The molecule has 11 aromatic rings. The number of nitrogens with zero attached hydrogens (tertiary/aromatic N) is 2. The Bertz CT molecular complexity index is 3230. The molecule has 9 aromatic carbocycles. The fourth-order valence-corrected chi connectivity index (χ4v) is 8.22. The number of aromatic nitrogens is 1. The van der Waals surface area contributed by atoms with Crippen LogP contribution in [-0.2, 0) is 0 Å². The monoisotopic (exact) mass is 688 g/mol. The van der Waals surface area contributed by atoms with Crippen molar-refractivity contribution in [2.45, 2.75) is 0 Å². The Hall–Kier alpha value is -7.23. The van der Waals surface area contributed by atoms with E-state index in [-0.39, 0.29) is 0 Å². The fraction of sp³-hybridized carbons (Fsp3) is 0. The van der Waals surface area contributed by atoms with E-state index in [1.165, 1.54) is 49.0 Å². The second kappa shape index (κ2) is 12.2. The summed E-state index contributed by atoms with van der Waals surface area (Å²) in [6.45, 7) is 0. The zero-order chi connectivity index (χ0) is 35.6. The molecule has 0 spiro atoms. The number of rotatable bonds is 5. The Morgan fingerprint density at radius 1 is 0.370 bits per heavy atom. The molecule has 0 saturated carbocycles. The van der Waals surface area contributed by atoms with Crippen LogP contribution in [0.2, 0.25) is 0 Å². The molecule has 54 heavy (non-hydrogen) atoms. The Labute approximate surface area is 312 Å². The van der Waals surface area contributed by atoms with Crippen LogP contribution in [0.15, 0.2) is 199 Å². The molecule has 0 saturated heterocycles. The summed E-state index contributed by atoms with van der Waals surface area (Å²) in [5.74, 6) is 0. The van der Waals surface area contributed by atoms with Crippen molar-refractivity contribution in [2.24, 2.45) is 0 Å². The number of hydrogen-bond acceptors (Lipinski definition) is 3. The SMILES string of the molecule is c1cc(-c2cc3ccccc3c3ccccc23)cc(N(c2ccc(-c3ccc4ccccc4c3)cc2)c2cnc3ccc4c5ccccc5oc4c3c2)c1. The second-order valence-corrected chi connectivity index (χ2v) is 14.0. The van der Waals surface area contributed by atoms with Gasteiger partial charge in [-0.15, -0.1) is 0 Å². The predicted octanol–water partition coefficient (Wildman–Crippen LogP) is 14.4. The molecule has 0 fully saturated rings. The Kier molecular flexibility index (Phi) is 6.86. The molecular formula is C51H32N2O. The average molecular weight is 689 g/mol. The van der Waals surface area contributed by atoms with Gasteiger partial charge in [-0.1, -0.05) is 127 Å². The molecule has 2 heterocycles. The lowest BCUT2D eigenvalue weighted by Gasteiger charge is -2.26. The first-order valence-corrected chi connectivity index (χ1v) is 18.4. The Balaban J connectivity index is 1.10. The molecule has 0 aliphatic heterocycles. The maximum Gasteiger partial charge on any atom is 0.144 e. The van der Waals surface area contributed by atoms with Gasteiger partial charge in [-0.05, 0) is 115 Å². The molecule has 252 valence electrons. The summed E-state index contributed by atoms with van der Waals surface area (Å²) in [6.07, 6.45) is 1.98. The van der Waals surface area contributed by atoms with Gasteiger partial charge >= 0.3 is 0 Å². The van der Waals surface area contributed by atoms with E-state index in [1.54, 1.807) is 0 Å². The van der Waals surface area contributed by atoms with Gasteiger partial charge in [0.15, 0.2) is 0 Å². The largest absolute Gasteiger partial charge is 0.455 e. The molecule has 0 aliphatic carbocycles. The van der Waals surface area contributed by atoms with Crippen molar-refractivity contribution in [2.75, 3.05) is 4.90 Å². The van der Waals surface area contributed by atoms with Crippen molar-refractivity contribution in [3.05, 3.63) is 194 Å². The Morgan fingerprint density at radius 2 is 1.09 bits per heavy atom. The standard InChI is InChI=1S/C51H32N2O/c1-2-11-35-28-36(21-20-33(35)10-1)34-22-24-39(25-23-34)53(41-31-48-49(52-32-41)27-26-46-45-18-7-8-19-50(45)54-51(46)48)40-14-9-13-37(29-40)47-30-38-12-3-4-15-42(38)43-16-5-6-17-44(43)47/h1-32H. The molecule has 0 bridgehead atoms. The van der Waals surface area contributed by atoms with Crippen LogP contribution in [-0.4, -0.2) is 4.98 Å². The zero-order valence-corrected chi connectivity index (χ0v) is 29.3. The molecular weight excluding hydrogens is 657 g/mol. The normalized spacial score (nSPS) is 11.7. The van der Waals surface area contributed by atoms with E-state index in [0.29, 0.717) is 0 Å². The van der Waals surface area contributed by atoms with Gasteiger partial charge in [0.2, 0.25) is 0 Å². The highest BCUT2D eigenvalue weighted by Gasteiger charge is 2.18. The molecule has 0 N–H and O–H groups in total. The van der Waals surface area contributed by atoms with Crippen molar-refractivity contribution < 1.29 is 4.42 Å². The van der Waals surface area contributed by atoms with Crippen LogP contribution >= 0.6 is 0 Å². The summed E-state index contributed by atoms with van der Waals surface area (Å²) in [6, 6.07) is 67.3. The highest BCUT2D eigenvalue weighted by atomic mass is 16.3. The summed E-state index contributed by atoms with van der Waals surface area (Å²) in [5.41, 5.74) is 10.4. The van der Waals surface area contributed by atoms with Crippen molar-refractivity contribution in [1.82, 2.24) is 4.98 Å². The molecule has 2 aromatic heterocycles. The number of para-hydroxylation sites is 1.